The summed E-state index contributed by atoms with van der Waals surface area (Å²) in [6, 6.07) is 14.0. The highest BCUT2D eigenvalue weighted by Gasteiger charge is 2.33. The van der Waals surface area contributed by atoms with Gasteiger partial charge in [0.15, 0.2) is 0 Å². The summed E-state index contributed by atoms with van der Waals surface area (Å²) < 4.78 is 45.6. The van der Waals surface area contributed by atoms with Crippen LogP contribution in [-0.2, 0) is 12.7 Å². The number of hydrogen-bond donors (Lipinski definition) is 0. The van der Waals surface area contributed by atoms with E-state index in [1.165, 1.54) is 22.8 Å². The molecule has 3 nitrogen and oxygen atoms in total. The molecule has 0 aliphatic carbocycles. The Bertz CT molecular complexity index is 1010. The van der Waals surface area contributed by atoms with Crippen molar-refractivity contribution in [3.05, 3.63) is 87.3 Å². The van der Waals surface area contributed by atoms with Crippen LogP contribution in [-0.4, -0.2) is 11.7 Å². The number of benzene rings is 2. The molecule has 3 aromatic rings. The van der Waals surface area contributed by atoms with Gasteiger partial charge in [-0.15, -0.1) is 0 Å². The van der Waals surface area contributed by atoms with E-state index in [-0.39, 0.29) is 17.1 Å². The fourth-order valence-electron chi connectivity index (χ4n) is 2.69. The van der Waals surface area contributed by atoms with Crippen LogP contribution in [0.25, 0.3) is 11.1 Å². The molecule has 0 saturated heterocycles. The maximum atomic E-state index is 13.0. The lowest BCUT2D eigenvalue weighted by atomic mass is 10.1. The zero-order chi connectivity index (χ0) is 19.6. The lowest BCUT2D eigenvalue weighted by molar-refractivity contribution is -0.137. The van der Waals surface area contributed by atoms with Crippen molar-refractivity contribution in [1.29, 1.82) is 0 Å². The highest BCUT2D eigenvalue weighted by molar-refractivity contribution is 6.31. The van der Waals surface area contributed by atoms with E-state index in [2.05, 4.69) is 0 Å². The van der Waals surface area contributed by atoms with Crippen LogP contribution in [0.3, 0.4) is 0 Å². The van der Waals surface area contributed by atoms with E-state index < -0.39 is 11.7 Å². The molecule has 0 spiro atoms. The molecule has 0 unspecified atom stereocenters. The summed E-state index contributed by atoms with van der Waals surface area (Å²) in [4.78, 5) is 12.2. The van der Waals surface area contributed by atoms with E-state index in [0.29, 0.717) is 11.3 Å². The number of rotatable bonds is 4. The van der Waals surface area contributed by atoms with E-state index in [0.717, 1.165) is 17.2 Å². The Labute approximate surface area is 158 Å². The number of alkyl halides is 3. The summed E-state index contributed by atoms with van der Waals surface area (Å²) in [5.41, 5.74) is 0.733. The fraction of sp³-hybridized carbons (Fsp3) is 0.150. The van der Waals surface area contributed by atoms with Crippen LogP contribution >= 0.6 is 11.6 Å². The van der Waals surface area contributed by atoms with Gasteiger partial charge in [-0.2, -0.15) is 13.2 Å². The predicted molar refractivity (Wildman–Crippen MR) is 98.2 cm³/mol. The lowest BCUT2D eigenvalue weighted by Gasteiger charge is -2.13. The Hall–Kier alpha value is -2.73. The average molecular weight is 394 g/mol. The minimum absolute atomic E-state index is 0.00305. The summed E-state index contributed by atoms with van der Waals surface area (Å²) in [6.07, 6.45) is -2.94. The van der Waals surface area contributed by atoms with Gasteiger partial charge in [0.1, 0.15) is 5.75 Å². The number of hydrogen-bond acceptors (Lipinski definition) is 2. The molecule has 0 aliphatic heterocycles. The minimum atomic E-state index is -4.55. The number of ether oxygens (including phenoxy) is 1. The third-order valence-electron chi connectivity index (χ3n) is 4.10. The average Bonchev–Trinajstić information content (AvgIpc) is 2.64. The largest absolute Gasteiger partial charge is 0.497 e. The van der Waals surface area contributed by atoms with Crippen LogP contribution in [0, 0.1) is 0 Å². The molecule has 0 fully saturated rings. The normalized spacial score (nSPS) is 11.4. The lowest BCUT2D eigenvalue weighted by Crippen LogP contribution is -2.19. The summed E-state index contributed by atoms with van der Waals surface area (Å²) >= 11 is 5.65. The molecule has 0 radical (unpaired) electrons. The van der Waals surface area contributed by atoms with Gasteiger partial charge in [-0.25, -0.2) is 0 Å². The molecule has 0 N–H and O–H groups in total. The van der Waals surface area contributed by atoms with Crippen LogP contribution in [0.15, 0.2) is 65.6 Å². The fourth-order valence-corrected chi connectivity index (χ4v) is 2.92. The van der Waals surface area contributed by atoms with Crippen molar-refractivity contribution in [1.82, 2.24) is 4.57 Å². The molecule has 1 heterocycles. The molecule has 140 valence electrons. The first-order valence-electron chi connectivity index (χ1n) is 7.98. The summed E-state index contributed by atoms with van der Waals surface area (Å²) in [5, 5.41) is -0.370. The molecule has 2 aromatic carbocycles. The first kappa shape index (κ1) is 19.0. The van der Waals surface area contributed by atoms with Gasteiger partial charge in [0.2, 0.25) is 0 Å². The van der Waals surface area contributed by atoms with Gasteiger partial charge in [-0.3, -0.25) is 4.79 Å². The molecule has 0 saturated carbocycles. The zero-order valence-corrected chi connectivity index (χ0v) is 15.0. The molecule has 0 amide bonds. The topological polar surface area (TPSA) is 31.2 Å². The van der Waals surface area contributed by atoms with Crippen molar-refractivity contribution in [2.24, 2.45) is 0 Å². The Kier molecular flexibility index (Phi) is 5.28. The second-order valence-electron chi connectivity index (χ2n) is 5.92. The summed E-state index contributed by atoms with van der Waals surface area (Å²) in [5.74, 6) is 0.702. The van der Waals surface area contributed by atoms with Gasteiger partial charge in [0.05, 0.1) is 24.2 Å². The van der Waals surface area contributed by atoms with Crippen LogP contribution in [0.5, 0.6) is 5.75 Å². The number of methoxy groups -OCH3 is 1. The van der Waals surface area contributed by atoms with E-state index >= 15 is 0 Å². The van der Waals surface area contributed by atoms with Crippen LogP contribution in [0.1, 0.15) is 11.1 Å². The molecule has 3 rings (SSSR count). The number of halogens is 4. The summed E-state index contributed by atoms with van der Waals surface area (Å²) in [6.45, 7) is 0.00305. The second kappa shape index (κ2) is 7.48. The van der Waals surface area contributed by atoms with Crippen molar-refractivity contribution in [2.75, 3.05) is 7.11 Å². The monoisotopic (exact) mass is 393 g/mol. The number of pyridine rings is 1. The first-order valence-corrected chi connectivity index (χ1v) is 8.36. The standard InChI is InChI=1S/C20H15ClF3NO2/c1-27-16-6-3-14(4-7-16)15-5-9-19(26)25(12-15)11-13-2-8-18(21)17(10-13)20(22,23)24/h2-10,12H,11H2,1H3. The molecule has 1 aromatic heterocycles. The molecule has 27 heavy (non-hydrogen) atoms. The Morgan fingerprint density at radius 2 is 1.67 bits per heavy atom. The van der Waals surface area contributed by atoms with Gasteiger partial charge in [0.25, 0.3) is 5.56 Å². The van der Waals surface area contributed by atoms with Gasteiger partial charge >= 0.3 is 6.18 Å². The maximum Gasteiger partial charge on any atom is 0.417 e. The van der Waals surface area contributed by atoms with E-state index in [1.807, 2.05) is 12.1 Å². The molecule has 0 atom stereocenters. The first-order chi connectivity index (χ1) is 12.8. The van der Waals surface area contributed by atoms with Crippen molar-refractivity contribution >= 4 is 11.6 Å². The van der Waals surface area contributed by atoms with Crippen LogP contribution in [0.4, 0.5) is 13.2 Å². The Balaban J connectivity index is 1.94. The highest BCUT2D eigenvalue weighted by atomic mass is 35.5. The molecule has 7 heteroatoms. The van der Waals surface area contributed by atoms with Crippen molar-refractivity contribution in [3.8, 4) is 16.9 Å². The molecule has 0 bridgehead atoms. The van der Waals surface area contributed by atoms with E-state index in [9.17, 15) is 18.0 Å². The zero-order valence-electron chi connectivity index (χ0n) is 14.3. The molecule has 0 aliphatic rings. The number of aromatic nitrogens is 1. The third kappa shape index (κ3) is 4.34. The van der Waals surface area contributed by atoms with Crippen molar-refractivity contribution in [3.63, 3.8) is 0 Å². The van der Waals surface area contributed by atoms with Crippen LogP contribution in [0.2, 0.25) is 5.02 Å². The van der Waals surface area contributed by atoms with E-state index in [1.54, 1.807) is 31.5 Å². The number of nitrogens with zero attached hydrogens (tertiary/aromatic N) is 1. The van der Waals surface area contributed by atoms with Crippen molar-refractivity contribution < 1.29 is 17.9 Å². The second-order valence-corrected chi connectivity index (χ2v) is 6.33. The Morgan fingerprint density at radius 3 is 2.30 bits per heavy atom. The smallest absolute Gasteiger partial charge is 0.417 e. The van der Waals surface area contributed by atoms with Gasteiger partial charge in [-0.1, -0.05) is 29.8 Å². The van der Waals surface area contributed by atoms with Gasteiger partial charge < -0.3 is 9.30 Å². The summed E-state index contributed by atoms with van der Waals surface area (Å²) in [7, 11) is 1.57. The SMILES string of the molecule is COc1ccc(-c2ccc(=O)n(Cc3ccc(Cl)c(C(F)(F)F)c3)c2)cc1. The minimum Gasteiger partial charge on any atom is -0.497 e. The van der Waals surface area contributed by atoms with E-state index in [4.69, 9.17) is 16.3 Å². The van der Waals surface area contributed by atoms with Crippen molar-refractivity contribution in [2.45, 2.75) is 12.7 Å². The predicted octanol–water partition coefficient (Wildman–Crippen LogP) is 5.24. The van der Waals surface area contributed by atoms with Gasteiger partial charge in [0, 0.05) is 12.3 Å². The molecular weight excluding hydrogens is 379 g/mol. The highest BCUT2D eigenvalue weighted by Crippen LogP contribution is 2.35. The quantitative estimate of drug-likeness (QED) is 0.606. The van der Waals surface area contributed by atoms with Gasteiger partial charge in [-0.05, 0) is 47.0 Å². The maximum absolute atomic E-state index is 13.0. The van der Waals surface area contributed by atoms with Crippen LogP contribution < -0.4 is 10.3 Å². The third-order valence-corrected chi connectivity index (χ3v) is 4.43. The Morgan fingerprint density at radius 1 is 1.00 bits per heavy atom. The molecular formula is C20H15ClF3NO2.